The Morgan fingerprint density at radius 3 is 2.68 bits per heavy atom. The van der Waals surface area contributed by atoms with Gasteiger partial charge in [-0.3, -0.25) is 4.79 Å². The Balaban J connectivity index is 1.82. The minimum absolute atomic E-state index is 0.301. The second-order valence-electron chi connectivity index (χ2n) is 5.14. The fourth-order valence-corrected chi connectivity index (χ4v) is 2.73. The Kier molecular flexibility index (Phi) is 3.85. The molecule has 1 saturated heterocycles. The van der Waals surface area contributed by atoms with Gasteiger partial charge < -0.3 is 10.0 Å². The summed E-state index contributed by atoms with van der Waals surface area (Å²) in [5.74, 6) is -1.26. The second-order valence-corrected chi connectivity index (χ2v) is 5.58. The Morgan fingerprint density at radius 1 is 1.27 bits per heavy atom. The third kappa shape index (κ3) is 2.69. The first-order valence-electron chi connectivity index (χ1n) is 6.90. The summed E-state index contributed by atoms with van der Waals surface area (Å²) in [7, 11) is 0. The van der Waals surface area contributed by atoms with Gasteiger partial charge in [0.2, 0.25) is 0 Å². The zero-order chi connectivity index (χ0) is 15.7. The Morgan fingerprint density at radius 2 is 2.00 bits per heavy atom. The summed E-state index contributed by atoms with van der Waals surface area (Å²) in [6, 6.07) is 6.31. The van der Waals surface area contributed by atoms with Crippen LogP contribution in [-0.4, -0.2) is 44.3 Å². The van der Waals surface area contributed by atoms with Crippen LogP contribution in [0.4, 0.5) is 0 Å². The predicted octanol–water partition coefficient (Wildman–Crippen LogP) is 2.21. The Bertz CT molecular complexity index is 711. The molecule has 0 spiro atoms. The van der Waals surface area contributed by atoms with Gasteiger partial charge in [-0.05, 0) is 37.1 Å². The van der Waals surface area contributed by atoms with Crippen LogP contribution in [0.15, 0.2) is 36.7 Å². The molecule has 1 amide bonds. The van der Waals surface area contributed by atoms with E-state index in [4.69, 9.17) is 16.7 Å². The fraction of sp³-hybridized carbons (Fsp3) is 0.267. The Labute approximate surface area is 131 Å². The van der Waals surface area contributed by atoms with E-state index >= 15 is 0 Å². The number of benzene rings is 1. The van der Waals surface area contributed by atoms with Crippen molar-refractivity contribution < 1.29 is 14.7 Å². The van der Waals surface area contributed by atoms with Gasteiger partial charge in [0.1, 0.15) is 6.04 Å². The van der Waals surface area contributed by atoms with Crippen molar-refractivity contribution in [3.05, 3.63) is 47.2 Å². The number of nitrogens with zero attached hydrogens (tertiary/aromatic N) is 3. The molecule has 0 unspecified atom stereocenters. The molecule has 0 radical (unpaired) electrons. The van der Waals surface area contributed by atoms with Crippen LogP contribution in [0.1, 0.15) is 23.2 Å². The van der Waals surface area contributed by atoms with E-state index in [9.17, 15) is 9.59 Å². The van der Waals surface area contributed by atoms with Crippen LogP contribution in [0, 0.1) is 0 Å². The minimum atomic E-state index is -0.962. The van der Waals surface area contributed by atoms with Crippen LogP contribution < -0.4 is 0 Å². The first kappa shape index (κ1) is 14.6. The average Bonchev–Trinajstić information content (AvgIpc) is 3.17. The maximum Gasteiger partial charge on any atom is 0.326 e. The van der Waals surface area contributed by atoms with E-state index in [2.05, 4.69) is 5.10 Å². The summed E-state index contributed by atoms with van der Waals surface area (Å²) >= 11 is 5.84. The number of hydrogen-bond donors (Lipinski definition) is 1. The van der Waals surface area contributed by atoms with Gasteiger partial charge in [-0.15, -0.1) is 0 Å². The highest BCUT2D eigenvalue weighted by Crippen LogP contribution is 2.21. The van der Waals surface area contributed by atoms with Crippen molar-refractivity contribution >= 4 is 23.5 Å². The molecule has 1 fully saturated rings. The zero-order valence-electron chi connectivity index (χ0n) is 11.6. The SMILES string of the molecule is O=C(O)[C@H]1CCCN1C(=O)c1cnn(-c2ccc(Cl)cc2)c1. The molecule has 3 rings (SSSR count). The monoisotopic (exact) mass is 319 g/mol. The van der Waals surface area contributed by atoms with Crippen molar-refractivity contribution in [2.24, 2.45) is 0 Å². The van der Waals surface area contributed by atoms with Crippen molar-refractivity contribution in [2.45, 2.75) is 18.9 Å². The summed E-state index contributed by atoms with van der Waals surface area (Å²) in [5.41, 5.74) is 1.16. The molecular weight excluding hydrogens is 306 g/mol. The molecule has 114 valence electrons. The second kappa shape index (κ2) is 5.81. The summed E-state index contributed by atoms with van der Waals surface area (Å²) in [4.78, 5) is 25.0. The molecule has 7 heteroatoms. The van der Waals surface area contributed by atoms with Gasteiger partial charge in [0, 0.05) is 17.8 Å². The van der Waals surface area contributed by atoms with Crippen LogP contribution in [0.25, 0.3) is 5.69 Å². The Hall–Kier alpha value is -2.34. The molecule has 1 N–H and O–H groups in total. The molecule has 1 aromatic heterocycles. The molecule has 1 aromatic carbocycles. The average molecular weight is 320 g/mol. The molecule has 2 aromatic rings. The molecule has 2 heterocycles. The topological polar surface area (TPSA) is 75.4 Å². The van der Waals surface area contributed by atoms with Gasteiger partial charge in [-0.2, -0.15) is 5.10 Å². The number of halogens is 1. The van der Waals surface area contributed by atoms with Gasteiger partial charge >= 0.3 is 5.97 Å². The van der Waals surface area contributed by atoms with Gasteiger partial charge in [0.05, 0.1) is 17.4 Å². The maximum absolute atomic E-state index is 12.4. The number of carbonyl (C=O) groups excluding carboxylic acids is 1. The highest BCUT2D eigenvalue weighted by atomic mass is 35.5. The van der Waals surface area contributed by atoms with E-state index in [1.165, 1.54) is 11.1 Å². The molecule has 1 aliphatic rings. The van der Waals surface area contributed by atoms with Crippen LogP contribution in [-0.2, 0) is 4.79 Å². The van der Waals surface area contributed by atoms with Gasteiger partial charge in [-0.25, -0.2) is 9.48 Å². The largest absolute Gasteiger partial charge is 0.480 e. The molecule has 22 heavy (non-hydrogen) atoms. The molecule has 6 nitrogen and oxygen atoms in total. The number of hydrogen-bond acceptors (Lipinski definition) is 3. The van der Waals surface area contributed by atoms with Crippen molar-refractivity contribution in [1.82, 2.24) is 14.7 Å². The molecule has 0 bridgehead atoms. The van der Waals surface area contributed by atoms with Crippen molar-refractivity contribution in [1.29, 1.82) is 0 Å². The summed E-state index contributed by atoms with van der Waals surface area (Å²) in [6.45, 7) is 0.460. The van der Waals surface area contributed by atoms with Crippen LogP contribution in [0.2, 0.25) is 5.02 Å². The molecule has 0 aliphatic carbocycles. The predicted molar refractivity (Wildman–Crippen MR) is 80.3 cm³/mol. The lowest BCUT2D eigenvalue weighted by molar-refractivity contribution is -0.141. The lowest BCUT2D eigenvalue weighted by Crippen LogP contribution is -2.40. The molecule has 1 aliphatic heterocycles. The standard InChI is InChI=1S/C15H14ClN3O3/c16-11-3-5-12(6-4-11)19-9-10(8-17-19)14(20)18-7-1-2-13(18)15(21)22/h3-6,8-9,13H,1-2,7H2,(H,21,22)/t13-/m1/s1. The van der Waals surface area contributed by atoms with Crippen molar-refractivity contribution in [3.63, 3.8) is 0 Å². The lowest BCUT2D eigenvalue weighted by atomic mass is 10.2. The number of carboxylic acids is 1. The quantitative estimate of drug-likeness (QED) is 0.941. The lowest BCUT2D eigenvalue weighted by Gasteiger charge is -2.20. The van der Waals surface area contributed by atoms with E-state index in [0.717, 1.165) is 5.69 Å². The van der Waals surface area contributed by atoms with E-state index in [-0.39, 0.29) is 5.91 Å². The summed E-state index contributed by atoms with van der Waals surface area (Å²) in [5, 5.41) is 13.9. The number of likely N-dealkylation sites (tertiary alicyclic amines) is 1. The number of rotatable bonds is 3. The summed E-state index contributed by atoms with van der Waals surface area (Å²) in [6.07, 6.45) is 4.25. The van der Waals surface area contributed by atoms with Crippen LogP contribution in [0.3, 0.4) is 0 Å². The first-order valence-corrected chi connectivity index (χ1v) is 7.28. The highest BCUT2D eigenvalue weighted by Gasteiger charge is 2.34. The number of aliphatic carboxylic acids is 1. The number of carboxylic acid groups (broad SMARTS) is 1. The third-order valence-electron chi connectivity index (χ3n) is 3.72. The van der Waals surface area contributed by atoms with Crippen LogP contribution >= 0.6 is 11.6 Å². The van der Waals surface area contributed by atoms with Crippen LogP contribution in [0.5, 0.6) is 0 Å². The van der Waals surface area contributed by atoms with E-state index in [0.29, 0.717) is 30.0 Å². The number of amides is 1. The minimum Gasteiger partial charge on any atom is -0.480 e. The summed E-state index contributed by atoms with van der Waals surface area (Å²) < 4.78 is 1.56. The van der Waals surface area contributed by atoms with Gasteiger partial charge in [-0.1, -0.05) is 11.6 Å². The number of aromatic nitrogens is 2. The zero-order valence-corrected chi connectivity index (χ0v) is 12.4. The van der Waals surface area contributed by atoms with Gasteiger partial charge in [0.25, 0.3) is 5.91 Å². The smallest absolute Gasteiger partial charge is 0.326 e. The van der Waals surface area contributed by atoms with Crippen molar-refractivity contribution in [3.8, 4) is 5.69 Å². The molecule has 0 saturated carbocycles. The third-order valence-corrected chi connectivity index (χ3v) is 3.97. The van der Waals surface area contributed by atoms with E-state index in [1.54, 1.807) is 35.1 Å². The normalized spacial score (nSPS) is 17.7. The van der Waals surface area contributed by atoms with E-state index in [1.807, 2.05) is 0 Å². The van der Waals surface area contributed by atoms with Gasteiger partial charge in [0.15, 0.2) is 0 Å². The fourth-order valence-electron chi connectivity index (χ4n) is 2.60. The maximum atomic E-state index is 12.4. The molecule has 1 atom stereocenters. The van der Waals surface area contributed by atoms with E-state index < -0.39 is 12.0 Å². The molecular formula is C15H14ClN3O3. The number of carbonyl (C=O) groups is 2. The van der Waals surface area contributed by atoms with Crippen molar-refractivity contribution in [2.75, 3.05) is 6.54 Å². The first-order chi connectivity index (χ1) is 10.6. The highest BCUT2D eigenvalue weighted by molar-refractivity contribution is 6.30.